The van der Waals surface area contributed by atoms with Crippen LogP contribution in [0.3, 0.4) is 0 Å². The molecule has 0 aromatic carbocycles. The van der Waals surface area contributed by atoms with Crippen molar-refractivity contribution in [3.8, 4) is 6.07 Å². The minimum atomic E-state index is -0.277. The van der Waals surface area contributed by atoms with E-state index in [-0.39, 0.29) is 6.10 Å². The van der Waals surface area contributed by atoms with E-state index < -0.39 is 0 Å². The molecule has 1 heterocycles. The highest BCUT2D eigenvalue weighted by molar-refractivity contribution is 5.14. The zero-order valence-electron chi connectivity index (χ0n) is 12.1. The first-order chi connectivity index (χ1) is 9.04. The Morgan fingerprint density at radius 3 is 2.63 bits per heavy atom. The van der Waals surface area contributed by atoms with Crippen LogP contribution in [0.2, 0.25) is 0 Å². The zero-order valence-corrected chi connectivity index (χ0v) is 12.1. The van der Waals surface area contributed by atoms with Gasteiger partial charge in [-0.1, -0.05) is 19.1 Å². The maximum Gasteiger partial charge on any atom is 0.0999 e. The van der Waals surface area contributed by atoms with E-state index in [1.54, 1.807) is 6.92 Å². The van der Waals surface area contributed by atoms with E-state index in [1.165, 1.54) is 0 Å². The van der Waals surface area contributed by atoms with Gasteiger partial charge < -0.3 is 5.11 Å². The molecule has 0 saturated carbocycles. The van der Waals surface area contributed by atoms with Gasteiger partial charge in [-0.3, -0.25) is 0 Å². The van der Waals surface area contributed by atoms with Gasteiger partial charge in [-0.2, -0.15) is 5.26 Å². The number of nitrogens with zero attached hydrogens (tertiary/aromatic N) is 4. The van der Waals surface area contributed by atoms with Crippen LogP contribution < -0.4 is 0 Å². The molecule has 0 aliphatic rings. The number of aliphatic hydroxyl groups is 1. The molecule has 1 aromatic rings. The maximum absolute atomic E-state index is 9.28. The maximum atomic E-state index is 9.28. The van der Waals surface area contributed by atoms with Crippen molar-refractivity contribution in [1.82, 2.24) is 15.0 Å². The quantitative estimate of drug-likeness (QED) is 0.780. The molecule has 1 N–H and O–H groups in total. The van der Waals surface area contributed by atoms with Gasteiger partial charge in [0.05, 0.1) is 30.0 Å². The molecule has 0 fully saturated rings. The first-order valence-corrected chi connectivity index (χ1v) is 7.00. The average Bonchev–Trinajstić information content (AvgIpc) is 2.69. The summed E-state index contributed by atoms with van der Waals surface area (Å²) in [4.78, 5) is 0. The molecule has 5 nitrogen and oxygen atoms in total. The minimum absolute atomic E-state index is 0.277. The van der Waals surface area contributed by atoms with Gasteiger partial charge in [0, 0.05) is 6.54 Å². The van der Waals surface area contributed by atoms with Crippen LogP contribution in [-0.4, -0.2) is 26.2 Å². The Hall–Kier alpha value is -1.41. The third-order valence-electron chi connectivity index (χ3n) is 3.11. The predicted octanol–water partition coefficient (Wildman–Crippen LogP) is 2.09. The van der Waals surface area contributed by atoms with Crippen molar-refractivity contribution < 1.29 is 5.11 Å². The summed E-state index contributed by atoms with van der Waals surface area (Å²) in [5.41, 5.74) is 1.89. The lowest BCUT2D eigenvalue weighted by Gasteiger charge is -2.09. The fourth-order valence-electron chi connectivity index (χ4n) is 2.00. The Morgan fingerprint density at radius 2 is 2.05 bits per heavy atom. The summed E-state index contributed by atoms with van der Waals surface area (Å²) < 4.78 is 1.90. The van der Waals surface area contributed by atoms with E-state index >= 15 is 0 Å². The van der Waals surface area contributed by atoms with E-state index in [1.807, 2.05) is 4.68 Å². The van der Waals surface area contributed by atoms with E-state index in [4.69, 9.17) is 5.26 Å². The fraction of sp³-hybridized carbons (Fsp3) is 0.786. The lowest BCUT2D eigenvalue weighted by molar-refractivity contribution is 0.178. The number of aryl methyl sites for hydroxylation is 1. The van der Waals surface area contributed by atoms with Gasteiger partial charge in [0.15, 0.2) is 0 Å². The molecule has 0 saturated heterocycles. The Morgan fingerprint density at radius 1 is 1.32 bits per heavy atom. The summed E-state index contributed by atoms with van der Waals surface area (Å²) in [6.07, 6.45) is 3.67. The second-order valence-electron chi connectivity index (χ2n) is 5.46. The van der Waals surface area contributed by atoms with Gasteiger partial charge >= 0.3 is 0 Å². The van der Waals surface area contributed by atoms with Crippen LogP contribution >= 0.6 is 0 Å². The SMILES string of the molecule is CC(C)CCc1c(CC#N)nnn1CCCC(C)O. The monoisotopic (exact) mass is 264 g/mol. The molecular weight excluding hydrogens is 240 g/mol. The topological polar surface area (TPSA) is 74.7 Å². The van der Waals surface area contributed by atoms with Gasteiger partial charge in [-0.25, -0.2) is 4.68 Å². The predicted molar refractivity (Wildman–Crippen MR) is 73.4 cm³/mol. The molecule has 1 rings (SSSR count). The summed E-state index contributed by atoms with van der Waals surface area (Å²) >= 11 is 0. The van der Waals surface area contributed by atoms with Gasteiger partial charge in [0.2, 0.25) is 0 Å². The smallest absolute Gasteiger partial charge is 0.0999 e. The van der Waals surface area contributed by atoms with Crippen molar-refractivity contribution >= 4 is 0 Å². The first-order valence-electron chi connectivity index (χ1n) is 7.00. The number of aliphatic hydroxyl groups excluding tert-OH is 1. The summed E-state index contributed by atoms with van der Waals surface area (Å²) in [5.74, 6) is 0.621. The molecule has 0 radical (unpaired) electrons. The largest absolute Gasteiger partial charge is 0.393 e. The second kappa shape index (κ2) is 7.90. The van der Waals surface area contributed by atoms with Gasteiger partial charge in [0.1, 0.15) is 0 Å². The molecule has 1 unspecified atom stereocenters. The number of rotatable bonds is 8. The van der Waals surface area contributed by atoms with E-state index in [2.05, 4.69) is 30.2 Å². The highest BCUT2D eigenvalue weighted by Crippen LogP contribution is 2.14. The van der Waals surface area contributed by atoms with E-state index in [0.29, 0.717) is 12.3 Å². The van der Waals surface area contributed by atoms with Crippen LogP contribution in [0.4, 0.5) is 0 Å². The Kier molecular flexibility index (Phi) is 6.51. The van der Waals surface area contributed by atoms with Crippen molar-refractivity contribution in [2.75, 3.05) is 0 Å². The van der Waals surface area contributed by atoms with E-state index in [9.17, 15) is 5.11 Å². The third kappa shape index (κ3) is 5.39. The van der Waals surface area contributed by atoms with Crippen molar-refractivity contribution in [2.45, 2.75) is 65.5 Å². The van der Waals surface area contributed by atoms with Crippen molar-refractivity contribution in [1.29, 1.82) is 5.26 Å². The Balaban J connectivity index is 2.70. The van der Waals surface area contributed by atoms with Gasteiger partial charge in [0.25, 0.3) is 0 Å². The van der Waals surface area contributed by atoms with Crippen molar-refractivity contribution in [3.63, 3.8) is 0 Å². The minimum Gasteiger partial charge on any atom is -0.393 e. The molecular formula is C14H24N4O. The van der Waals surface area contributed by atoms with Gasteiger partial charge in [-0.05, 0) is 38.5 Å². The third-order valence-corrected chi connectivity index (χ3v) is 3.11. The van der Waals surface area contributed by atoms with Crippen molar-refractivity contribution in [3.05, 3.63) is 11.4 Å². The fourth-order valence-corrected chi connectivity index (χ4v) is 2.00. The number of hydrogen-bond acceptors (Lipinski definition) is 4. The number of hydrogen-bond donors (Lipinski definition) is 1. The zero-order chi connectivity index (χ0) is 14.3. The van der Waals surface area contributed by atoms with Crippen LogP contribution in [0.5, 0.6) is 0 Å². The molecule has 5 heteroatoms. The average molecular weight is 264 g/mol. The first kappa shape index (κ1) is 15.6. The Labute approximate surface area is 115 Å². The lowest BCUT2D eigenvalue weighted by Crippen LogP contribution is -2.10. The molecule has 106 valence electrons. The molecule has 0 amide bonds. The molecule has 19 heavy (non-hydrogen) atoms. The van der Waals surface area contributed by atoms with Crippen LogP contribution in [-0.2, 0) is 19.4 Å². The number of aromatic nitrogens is 3. The summed E-state index contributed by atoms with van der Waals surface area (Å²) in [5, 5.41) is 26.3. The van der Waals surface area contributed by atoms with Gasteiger partial charge in [-0.15, -0.1) is 5.10 Å². The summed E-state index contributed by atoms with van der Waals surface area (Å²) in [7, 11) is 0. The number of nitriles is 1. The molecule has 0 aliphatic heterocycles. The second-order valence-corrected chi connectivity index (χ2v) is 5.46. The molecule has 0 bridgehead atoms. The summed E-state index contributed by atoms with van der Waals surface area (Å²) in [6, 6.07) is 2.14. The molecule has 0 aliphatic carbocycles. The standard InChI is InChI=1S/C14H24N4O/c1-11(2)6-7-14-13(8-9-15)16-17-18(14)10-4-5-12(3)19/h11-12,19H,4-8,10H2,1-3H3. The van der Waals surface area contributed by atoms with Crippen molar-refractivity contribution in [2.24, 2.45) is 5.92 Å². The molecule has 1 atom stereocenters. The lowest BCUT2D eigenvalue weighted by atomic mass is 10.0. The molecule has 0 spiro atoms. The van der Waals surface area contributed by atoms with Crippen LogP contribution in [0, 0.1) is 17.2 Å². The van der Waals surface area contributed by atoms with E-state index in [0.717, 1.165) is 43.6 Å². The highest BCUT2D eigenvalue weighted by Gasteiger charge is 2.13. The van der Waals surface area contributed by atoms with Crippen LogP contribution in [0.1, 0.15) is 51.4 Å². The highest BCUT2D eigenvalue weighted by atomic mass is 16.3. The van der Waals surface area contributed by atoms with Crippen LogP contribution in [0.25, 0.3) is 0 Å². The molecule has 1 aromatic heterocycles. The summed E-state index contributed by atoms with van der Waals surface area (Å²) in [6.45, 7) is 6.93. The Bertz CT molecular complexity index is 418. The van der Waals surface area contributed by atoms with Crippen LogP contribution in [0.15, 0.2) is 0 Å². The normalized spacial score (nSPS) is 12.6.